The summed E-state index contributed by atoms with van der Waals surface area (Å²) in [6, 6.07) is 14.3. The summed E-state index contributed by atoms with van der Waals surface area (Å²) < 4.78 is 1.88. The van der Waals surface area contributed by atoms with Gasteiger partial charge in [0.15, 0.2) is 0 Å². The van der Waals surface area contributed by atoms with E-state index >= 15 is 0 Å². The van der Waals surface area contributed by atoms with Crippen LogP contribution in [-0.2, 0) is 6.42 Å². The molecule has 1 atom stereocenters. The Morgan fingerprint density at radius 1 is 1.04 bits per heavy atom. The highest BCUT2D eigenvalue weighted by molar-refractivity contribution is 5.59. The lowest BCUT2D eigenvalue weighted by molar-refractivity contribution is 0.776. The molecule has 0 saturated heterocycles. The third-order valence-corrected chi connectivity index (χ3v) is 4.56. The molecular weight excluding hydrogens is 348 g/mol. The molecule has 4 rings (SSSR count). The highest BCUT2D eigenvalue weighted by Gasteiger charge is 2.10. The molecule has 0 aliphatic rings. The van der Waals surface area contributed by atoms with E-state index in [-0.39, 0.29) is 6.04 Å². The van der Waals surface area contributed by atoms with E-state index < -0.39 is 0 Å². The number of nitrogens with zero attached hydrogens (tertiary/aromatic N) is 5. The summed E-state index contributed by atoms with van der Waals surface area (Å²) in [4.78, 5) is 13.1. The summed E-state index contributed by atoms with van der Waals surface area (Å²) in [7, 11) is 0. The van der Waals surface area contributed by atoms with Crippen molar-refractivity contribution >= 4 is 5.95 Å². The zero-order valence-corrected chi connectivity index (χ0v) is 15.9. The molecule has 0 aliphatic heterocycles. The highest BCUT2D eigenvalue weighted by atomic mass is 15.3. The largest absolute Gasteiger partial charge is 0.351 e. The van der Waals surface area contributed by atoms with E-state index in [2.05, 4.69) is 51.3 Å². The fraction of sp³-hybridized carbons (Fsp3) is 0.182. The van der Waals surface area contributed by atoms with Gasteiger partial charge in [-0.25, -0.2) is 14.6 Å². The lowest BCUT2D eigenvalue weighted by Gasteiger charge is -2.14. The molecule has 140 valence electrons. The van der Waals surface area contributed by atoms with Crippen molar-refractivity contribution in [3.8, 4) is 16.9 Å². The Hall–Kier alpha value is -3.54. The molecule has 28 heavy (non-hydrogen) atoms. The van der Waals surface area contributed by atoms with Gasteiger partial charge in [0, 0.05) is 36.4 Å². The van der Waals surface area contributed by atoms with Gasteiger partial charge in [-0.05, 0) is 55.7 Å². The molecule has 0 aliphatic carbocycles. The second-order valence-corrected chi connectivity index (χ2v) is 6.83. The van der Waals surface area contributed by atoms with Crippen molar-refractivity contribution < 1.29 is 0 Å². The van der Waals surface area contributed by atoms with E-state index in [0.717, 1.165) is 23.4 Å². The first-order valence-corrected chi connectivity index (χ1v) is 9.28. The molecule has 0 bridgehead atoms. The second kappa shape index (κ2) is 8.00. The number of hydrogen-bond donors (Lipinski definition) is 1. The van der Waals surface area contributed by atoms with Crippen LogP contribution in [0.25, 0.3) is 16.9 Å². The van der Waals surface area contributed by atoms with Crippen LogP contribution in [0, 0.1) is 6.92 Å². The summed E-state index contributed by atoms with van der Waals surface area (Å²) in [5.74, 6) is 0.614. The van der Waals surface area contributed by atoms with Gasteiger partial charge in [-0.1, -0.05) is 18.2 Å². The van der Waals surface area contributed by atoms with E-state index in [0.29, 0.717) is 5.95 Å². The number of rotatable bonds is 6. The molecule has 1 aromatic carbocycles. The van der Waals surface area contributed by atoms with E-state index in [1.807, 2.05) is 59.8 Å². The lowest BCUT2D eigenvalue weighted by Crippen LogP contribution is -2.19. The molecule has 0 saturated carbocycles. The molecule has 0 spiro atoms. The minimum absolute atomic E-state index is 0.201. The SMILES string of the molecule is Cc1ccccc1-n1cc(-c2ccnc(N[C@H](C)Cc3ccncc3)n2)cn1. The quantitative estimate of drug-likeness (QED) is 0.554. The number of aromatic nitrogens is 5. The van der Waals surface area contributed by atoms with Crippen LogP contribution >= 0.6 is 0 Å². The van der Waals surface area contributed by atoms with Crippen molar-refractivity contribution in [2.45, 2.75) is 26.3 Å². The van der Waals surface area contributed by atoms with Crippen molar-refractivity contribution in [3.05, 3.63) is 84.6 Å². The third kappa shape index (κ3) is 4.06. The van der Waals surface area contributed by atoms with Gasteiger partial charge in [-0.15, -0.1) is 0 Å². The third-order valence-electron chi connectivity index (χ3n) is 4.56. The van der Waals surface area contributed by atoms with Gasteiger partial charge >= 0.3 is 0 Å². The van der Waals surface area contributed by atoms with Gasteiger partial charge in [-0.2, -0.15) is 5.10 Å². The summed E-state index contributed by atoms with van der Waals surface area (Å²) in [6.45, 7) is 4.19. The van der Waals surface area contributed by atoms with Crippen molar-refractivity contribution in [3.63, 3.8) is 0 Å². The van der Waals surface area contributed by atoms with Gasteiger partial charge in [-0.3, -0.25) is 4.98 Å². The van der Waals surface area contributed by atoms with Crippen LogP contribution in [-0.4, -0.2) is 30.8 Å². The van der Waals surface area contributed by atoms with Crippen LogP contribution in [0.1, 0.15) is 18.1 Å². The van der Waals surface area contributed by atoms with E-state index in [1.54, 1.807) is 6.20 Å². The van der Waals surface area contributed by atoms with Gasteiger partial charge in [0.1, 0.15) is 0 Å². The van der Waals surface area contributed by atoms with Crippen LogP contribution < -0.4 is 5.32 Å². The highest BCUT2D eigenvalue weighted by Crippen LogP contribution is 2.20. The van der Waals surface area contributed by atoms with Crippen LogP contribution in [0.5, 0.6) is 0 Å². The Balaban J connectivity index is 1.50. The standard InChI is InChI=1S/C22H22N6/c1-16-5-3-4-6-21(16)28-15-19(14-25-28)20-9-12-24-22(27-20)26-17(2)13-18-7-10-23-11-8-18/h3-12,14-15,17H,13H2,1-2H3,(H,24,26,27)/t17-/m1/s1. The van der Waals surface area contributed by atoms with Crippen LogP contribution in [0.4, 0.5) is 5.95 Å². The maximum atomic E-state index is 4.67. The molecule has 0 fully saturated rings. The number of hydrogen-bond acceptors (Lipinski definition) is 5. The van der Waals surface area contributed by atoms with Crippen molar-refractivity contribution in [2.24, 2.45) is 0 Å². The summed E-state index contributed by atoms with van der Waals surface area (Å²) in [6.07, 6.45) is 10.1. The van der Waals surface area contributed by atoms with Crippen molar-refractivity contribution in [1.82, 2.24) is 24.7 Å². The van der Waals surface area contributed by atoms with E-state index in [4.69, 9.17) is 0 Å². The molecule has 1 N–H and O–H groups in total. The average Bonchev–Trinajstić information content (AvgIpc) is 3.19. The predicted molar refractivity (Wildman–Crippen MR) is 110 cm³/mol. The summed E-state index contributed by atoms with van der Waals surface area (Å²) in [5.41, 5.74) is 5.26. The predicted octanol–water partition coefficient (Wildman–Crippen LogP) is 4.08. The zero-order chi connectivity index (χ0) is 19.3. The van der Waals surface area contributed by atoms with Crippen LogP contribution in [0.2, 0.25) is 0 Å². The fourth-order valence-corrected chi connectivity index (χ4v) is 3.14. The number of anilines is 1. The molecule has 3 aromatic heterocycles. The fourth-order valence-electron chi connectivity index (χ4n) is 3.14. The van der Waals surface area contributed by atoms with E-state index in [9.17, 15) is 0 Å². The number of benzene rings is 1. The monoisotopic (exact) mass is 370 g/mol. The Morgan fingerprint density at radius 2 is 1.86 bits per heavy atom. The molecule has 6 nitrogen and oxygen atoms in total. The van der Waals surface area contributed by atoms with Gasteiger partial charge < -0.3 is 5.32 Å². The van der Waals surface area contributed by atoms with Crippen molar-refractivity contribution in [2.75, 3.05) is 5.32 Å². The summed E-state index contributed by atoms with van der Waals surface area (Å²) >= 11 is 0. The minimum atomic E-state index is 0.201. The molecule has 6 heteroatoms. The van der Waals surface area contributed by atoms with Gasteiger partial charge in [0.2, 0.25) is 5.95 Å². The van der Waals surface area contributed by atoms with Crippen LogP contribution in [0.3, 0.4) is 0 Å². The molecule has 3 heterocycles. The molecule has 0 amide bonds. The van der Waals surface area contributed by atoms with Crippen molar-refractivity contribution in [1.29, 1.82) is 0 Å². The number of pyridine rings is 1. The molecule has 0 unspecified atom stereocenters. The second-order valence-electron chi connectivity index (χ2n) is 6.83. The van der Waals surface area contributed by atoms with Crippen LogP contribution in [0.15, 0.2) is 73.4 Å². The minimum Gasteiger partial charge on any atom is -0.351 e. The van der Waals surface area contributed by atoms with E-state index in [1.165, 1.54) is 11.1 Å². The van der Waals surface area contributed by atoms with Gasteiger partial charge in [0.05, 0.1) is 17.6 Å². The summed E-state index contributed by atoms with van der Waals surface area (Å²) in [5, 5.41) is 7.88. The maximum Gasteiger partial charge on any atom is 0.223 e. The Morgan fingerprint density at radius 3 is 2.68 bits per heavy atom. The topological polar surface area (TPSA) is 68.5 Å². The first-order valence-electron chi connectivity index (χ1n) is 9.28. The Labute approximate surface area is 164 Å². The zero-order valence-electron chi connectivity index (χ0n) is 15.9. The normalized spacial score (nSPS) is 11.9. The average molecular weight is 370 g/mol. The first kappa shape index (κ1) is 17.9. The number of para-hydroxylation sites is 1. The maximum absolute atomic E-state index is 4.67. The van der Waals surface area contributed by atoms with Gasteiger partial charge in [0.25, 0.3) is 0 Å². The Bertz CT molecular complexity index is 1060. The number of nitrogens with one attached hydrogen (secondary N) is 1. The number of aryl methyl sites for hydroxylation is 1. The first-order chi connectivity index (χ1) is 13.7. The smallest absolute Gasteiger partial charge is 0.223 e. The Kier molecular flexibility index (Phi) is 5.10. The molecule has 4 aromatic rings. The molecular formula is C22H22N6. The molecule has 0 radical (unpaired) electrons. The lowest BCUT2D eigenvalue weighted by atomic mass is 10.1.